The van der Waals surface area contributed by atoms with E-state index in [1.807, 2.05) is 12.1 Å². The van der Waals surface area contributed by atoms with Crippen LogP contribution in [0.5, 0.6) is 0 Å². The van der Waals surface area contributed by atoms with Crippen LogP contribution >= 0.6 is 15.9 Å². The van der Waals surface area contributed by atoms with E-state index in [9.17, 15) is 9.18 Å². The molecule has 3 heteroatoms. The van der Waals surface area contributed by atoms with Gasteiger partial charge in [0.05, 0.1) is 4.47 Å². The number of rotatable bonds is 3. The molecule has 20 heavy (non-hydrogen) atoms. The summed E-state index contributed by atoms with van der Waals surface area (Å²) in [6.07, 6.45) is 1.90. The summed E-state index contributed by atoms with van der Waals surface area (Å²) in [5.41, 5.74) is 3.26. The van der Waals surface area contributed by atoms with Gasteiger partial charge < -0.3 is 0 Å². The maximum Gasteiger partial charge on any atom is 0.141 e. The van der Waals surface area contributed by atoms with E-state index in [0.717, 1.165) is 18.4 Å². The maximum absolute atomic E-state index is 13.5. The highest BCUT2D eigenvalue weighted by atomic mass is 79.9. The topological polar surface area (TPSA) is 17.1 Å². The lowest BCUT2D eigenvalue weighted by atomic mass is 9.95. The van der Waals surface area contributed by atoms with Gasteiger partial charge in [0, 0.05) is 12.3 Å². The molecule has 0 spiro atoms. The molecule has 0 unspecified atom stereocenters. The summed E-state index contributed by atoms with van der Waals surface area (Å²) in [6.45, 7) is 0. The lowest BCUT2D eigenvalue weighted by Crippen LogP contribution is -2.17. The van der Waals surface area contributed by atoms with E-state index in [4.69, 9.17) is 0 Å². The predicted octanol–water partition coefficient (Wildman–Crippen LogP) is 4.11. The van der Waals surface area contributed by atoms with Crippen molar-refractivity contribution in [2.24, 2.45) is 5.92 Å². The molecule has 3 rings (SSSR count). The number of benzene rings is 2. The number of ketones is 1. The molecule has 0 radical (unpaired) electrons. The van der Waals surface area contributed by atoms with Crippen LogP contribution in [0.25, 0.3) is 0 Å². The Bertz CT molecular complexity index is 641. The minimum atomic E-state index is -0.315. The molecule has 1 aliphatic rings. The van der Waals surface area contributed by atoms with Crippen molar-refractivity contribution in [3.05, 3.63) is 69.4 Å². The number of carbonyl (C=O) groups is 1. The average Bonchev–Trinajstić information content (AvgIpc) is 2.88. The van der Waals surface area contributed by atoms with Gasteiger partial charge >= 0.3 is 0 Å². The minimum absolute atomic E-state index is 0.0302. The standard InChI is InChI=1S/C17H14BrFO/c18-17-13(6-3-7-15(17)19)10-16(20)14-8-11-4-1-2-5-12(11)9-14/h1-7,14H,8-10H2. The second-order valence-electron chi connectivity index (χ2n) is 5.23. The number of Topliss-reactive ketones (excluding diaryl/α,β-unsaturated/α-hetero) is 1. The molecule has 0 N–H and O–H groups in total. The molecule has 102 valence electrons. The fourth-order valence-electron chi connectivity index (χ4n) is 2.80. The molecule has 0 saturated carbocycles. The van der Waals surface area contributed by atoms with Crippen molar-refractivity contribution in [1.82, 2.24) is 0 Å². The van der Waals surface area contributed by atoms with Crippen LogP contribution in [0, 0.1) is 11.7 Å². The van der Waals surface area contributed by atoms with Gasteiger partial charge in [-0.1, -0.05) is 36.4 Å². The van der Waals surface area contributed by atoms with Crippen molar-refractivity contribution in [3.63, 3.8) is 0 Å². The lowest BCUT2D eigenvalue weighted by Gasteiger charge is -2.09. The predicted molar refractivity (Wildman–Crippen MR) is 80.2 cm³/mol. The molecule has 0 amide bonds. The number of hydrogen-bond donors (Lipinski definition) is 0. The SMILES string of the molecule is O=C(Cc1cccc(F)c1Br)C1Cc2ccccc2C1. The Morgan fingerprint density at radius 3 is 2.40 bits per heavy atom. The van der Waals surface area contributed by atoms with Crippen LogP contribution in [0.3, 0.4) is 0 Å². The van der Waals surface area contributed by atoms with Gasteiger partial charge in [0.15, 0.2) is 0 Å². The first-order chi connectivity index (χ1) is 9.65. The summed E-state index contributed by atoms with van der Waals surface area (Å²) in [5.74, 6) is -0.0972. The zero-order valence-corrected chi connectivity index (χ0v) is 12.5. The second kappa shape index (κ2) is 5.49. The van der Waals surface area contributed by atoms with Crippen molar-refractivity contribution < 1.29 is 9.18 Å². The van der Waals surface area contributed by atoms with Gasteiger partial charge in [-0.2, -0.15) is 0 Å². The van der Waals surface area contributed by atoms with E-state index in [1.54, 1.807) is 12.1 Å². The quantitative estimate of drug-likeness (QED) is 0.826. The number of halogens is 2. The number of fused-ring (bicyclic) bond motifs is 1. The zero-order chi connectivity index (χ0) is 14.1. The molecule has 0 bridgehead atoms. The Morgan fingerprint density at radius 1 is 1.10 bits per heavy atom. The molecule has 0 aliphatic heterocycles. The van der Waals surface area contributed by atoms with Crippen molar-refractivity contribution in [2.75, 3.05) is 0 Å². The summed E-state index contributed by atoms with van der Waals surface area (Å²) in [5, 5.41) is 0. The molecule has 0 heterocycles. The monoisotopic (exact) mass is 332 g/mol. The first kappa shape index (κ1) is 13.5. The Balaban J connectivity index is 1.74. The number of hydrogen-bond acceptors (Lipinski definition) is 1. The largest absolute Gasteiger partial charge is 0.299 e. The highest BCUT2D eigenvalue weighted by Crippen LogP contribution is 2.29. The van der Waals surface area contributed by atoms with Gasteiger partial charge in [0.1, 0.15) is 11.6 Å². The molecule has 0 fully saturated rings. The van der Waals surface area contributed by atoms with Gasteiger partial charge in [-0.3, -0.25) is 4.79 Å². The third-order valence-corrected chi connectivity index (χ3v) is 4.79. The van der Waals surface area contributed by atoms with E-state index in [0.29, 0.717) is 4.47 Å². The molecule has 1 aliphatic carbocycles. The van der Waals surface area contributed by atoms with Crippen LogP contribution in [-0.2, 0) is 24.1 Å². The highest BCUT2D eigenvalue weighted by Gasteiger charge is 2.27. The molecule has 0 atom stereocenters. The fraction of sp³-hybridized carbons (Fsp3) is 0.235. The fourth-order valence-corrected chi connectivity index (χ4v) is 3.21. The first-order valence-corrected chi connectivity index (χ1v) is 7.47. The Hall–Kier alpha value is -1.48. The second-order valence-corrected chi connectivity index (χ2v) is 6.02. The Labute approximate surface area is 126 Å². The van der Waals surface area contributed by atoms with Gasteiger partial charge in [-0.25, -0.2) is 4.39 Å². The molecule has 0 saturated heterocycles. The summed E-state index contributed by atoms with van der Waals surface area (Å²) >= 11 is 3.22. The van der Waals surface area contributed by atoms with E-state index in [1.165, 1.54) is 17.2 Å². The average molecular weight is 333 g/mol. The maximum atomic E-state index is 13.5. The normalized spacial score (nSPS) is 14.3. The minimum Gasteiger partial charge on any atom is -0.299 e. The zero-order valence-electron chi connectivity index (χ0n) is 10.9. The van der Waals surface area contributed by atoms with Gasteiger partial charge in [-0.15, -0.1) is 0 Å². The lowest BCUT2D eigenvalue weighted by molar-refractivity contribution is -0.121. The van der Waals surface area contributed by atoms with E-state index >= 15 is 0 Å². The summed E-state index contributed by atoms with van der Waals surface area (Å²) in [6, 6.07) is 13.0. The molecule has 2 aromatic rings. The molecular formula is C17H14BrFO. The summed E-state index contributed by atoms with van der Waals surface area (Å²) in [4.78, 5) is 12.4. The van der Waals surface area contributed by atoms with Gasteiger partial charge in [0.2, 0.25) is 0 Å². The van der Waals surface area contributed by atoms with Crippen molar-refractivity contribution in [2.45, 2.75) is 19.3 Å². The van der Waals surface area contributed by atoms with Crippen LogP contribution in [0.2, 0.25) is 0 Å². The smallest absolute Gasteiger partial charge is 0.141 e. The third-order valence-electron chi connectivity index (χ3n) is 3.90. The van der Waals surface area contributed by atoms with E-state index in [2.05, 4.69) is 28.1 Å². The molecule has 2 aromatic carbocycles. The Morgan fingerprint density at radius 2 is 1.75 bits per heavy atom. The first-order valence-electron chi connectivity index (χ1n) is 6.67. The Kier molecular flexibility index (Phi) is 3.70. The number of carbonyl (C=O) groups excluding carboxylic acids is 1. The van der Waals surface area contributed by atoms with Crippen molar-refractivity contribution in [3.8, 4) is 0 Å². The molecule has 0 aromatic heterocycles. The molecule has 1 nitrogen and oxygen atoms in total. The van der Waals surface area contributed by atoms with Crippen LogP contribution in [0.4, 0.5) is 4.39 Å². The van der Waals surface area contributed by atoms with Crippen LogP contribution in [-0.4, -0.2) is 5.78 Å². The summed E-state index contributed by atoms with van der Waals surface area (Å²) in [7, 11) is 0. The molecular weight excluding hydrogens is 319 g/mol. The van der Waals surface area contributed by atoms with E-state index in [-0.39, 0.29) is 23.9 Å². The van der Waals surface area contributed by atoms with Crippen LogP contribution in [0.1, 0.15) is 16.7 Å². The van der Waals surface area contributed by atoms with Crippen molar-refractivity contribution in [1.29, 1.82) is 0 Å². The van der Waals surface area contributed by atoms with E-state index < -0.39 is 0 Å². The van der Waals surface area contributed by atoms with Crippen LogP contribution < -0.4 is 0 Å². The van der Waals surface area contributed by atoms with Gasteiger partial charge in [-0.05, 0) is 51.5 Å². The van der Waals surface area contributed by atoms with Crippen LogP contribution in [0.15, 0.2) is 46.9 Å². The summed E-state index contributed by atoms with van der Waals surface area (Å²) < 4.78 is 13.9. The van der Waals surface area contributed by atoms with Gasteiger partial charge in [0.25, 0.3) is 0 Å². The highest BCUT2D eigenvalue weighted by molar-refractivity contribution is 9.10. The van der Waals surface area contributed by atoms with Crippen molar-refractivity contribution >= 4 is 21.7 Å². The third kappa shape index (κ3) is 2.55.